The Kier molecular flexibility index (Phi) is 5.48. The monoisotopic (exact) mass is 356 g/mol. The normalized spacial score (nSPS) is 12.6. The van der Waals surface area contributed by atoms with Crippen molar-refractivity contribution in [3.05, 3.63) is 47.5 Å². The van der Waals surface area contributed by atoms with Gasteiger partial charge in [0, 0.05) is 31.3 Å². The van der Waals surface area contributed by atoms with Crippen molar-refractivity contribution >= 4 is 27.5 Å². The maximum absolute atomic E-state index is 12.4. The summed E-state index contributed by atoms with van der Waals surface area (Å²) in [6.45, 7) is 6.74. The number of aromatic nitrogens is 3. The van der Waals surface area contributed by atoms with Crippen LogP contribution in [0.4, 0.5) is 0 Å². The first kappa shape index (κ1) is 17.6. The smallest absolute Gasteiger partial charge is 0.242 e. The number of aryl methyl sites for hydroxylation is 1. The number of amides is 1. The van der Waals surface area contributed by atoms with E-state index in [4.69, 9.17) is 0 Å². The fourth-order valence-electron chi connectivity index (χ4n) is 2.85. The average molecular weight is 356 g/mol. The number of nitrogens with zero attached hydrogens (tertiary/aromatic N) is 3. The summed E-state index contributed by atoms with van der Waals surface area (Å²) >= 11 is 1.73. The van der Waals surface area contributed by atoms with Crippen molar-refractivity contribution in [2.24, 2.45) is 0 Å². The molecule has 0 radical (unpaired) electrons. The number of benzene rings is 1. The van der Waals surface area contributed by atoms with E-state index in [-0.39, 0.29) is 11.9 Å². The maximum Gasteiger partial charge on any atom is 0.242 e. The molecule has 0 aliphatic heterocycles. The number of hydrogen-bond acceptors (Lipinski definition) is 4. The lowest BCUT2D eigenvalue weighted by atomic mass is 10.2. The number of thiazole rings is 1. The molecule has 0 saturated carbocycles. The highest BCUT2D eigenvalue weighted by Gasteiger charge is 2.18. The molecule has 3 aromatic rings. The Morgan fingerprint density at radius 2 is 2.08 bits per heavy atom. The fourth-order valence-corrected chi connectivity index (χ4v) is 3.86. The minimum Gasteiger partial charge on any atom is -0.354 e. The number of rotatable bonds is 7. The van der Waals surface area contributed by atoms with Crippen LogP contribution in [0.1, 0.15) is 50.0 Å². The Morgan fingerprint density at radius 1 is 1.28 bits per heavy atom. The Morgan fingerprint density at radius 3 is 2.84 bits per heavy atom. The van der Waals surface area contributed by atoms with Gasteiger partial charge in [-0.3, -0.25) is 4.79 Å². The SMILES string of the molecule is CC(C)c1nccn1C(C)C(=O)NCCCc1nc2ccccc2s1. The molecule has 2 heterocycles. The van der Waals surface area contributed by atoms with Crippen LogP contribution in [0.5, 0.6) is 0 Å². The van der Waals surface area contributed by atoms with Crippen molar-refractivity contribution in [2.45, 2.75) is 45.6 Å². The molecule has 1 atom stereocenters. The lowest BCUT2D eigenvalue weighted by Crippen LogP contribution is -2.32. The van der Waals surface area contributed by atoms with E-state index in [0.717, 1.165) is 29.2 Å². The van der Waals surface area contributed by atoms with E-state index in [1.165, 1.54) is 4.70 Å². The van der Waals surface area contributed by atoms with Crippen molar-refractivity contribution in [1.29, 1.82) is 0 Å². The fraction of sp³-hybridized carbons (Fsp3) is 0.421. The molecule has 132 valence electrons. The van der Waals surface area contributed by atoms with Crippen molar-refractivity contribution in [3.63, 3.8) is 0 Å². The maximum atomic E-state index is 12.4. The zero-order chi connectivity index (χ0) is 17.8. The summed E-state index contributed by atoms with van der Waals surface area (Å²) < 4.78 is 3.17. The zero-order valence-electron chi connectivity index (χ0n) is 14.9. The van der Waals surface area contributed by atoms with Crippen LogP contribution < -0.4 is 5.32 Å². The van der Waals surface area contributed by atoms with Gasteiger partial charge in [0.25, 0.3) is 0 Å². The molecule has 0 saturated heterocycles. The van der Waals surface area contributed by atoms with Crippen LogP contribution >= 0.6 is 11.3 Å². The molecule has 0 fully saturated rings. The molecule has 2 aromatic heterocycles. The molecule has 1 aromatic carbocycles. The van der Waals surface area contributed by atoms with E-state index in [0.29, 0.717) is 12.5 Å². The number of carbonyl (C=O) groups is 1. The predicted octanol–water partition coefficient (Wildman–Crippen LogP) is 3.93. The van der Waals surface area contributed by atoms with Gasteiger partial charge in [-0.15, -0.1) is 11.3 Å². The van der Waals surface area contributed by atoms with Gasteiger partial charge < -0.3 is 9.88 Å². The first-order valence-corrected chi connectivity index (χ1v) is 9.53. The van der Waals surface area contributed by atoms with Crippen LogP contribution in [-0.4, -0.2) is 27.0 Å². The van der Waals surface area contributed by atoms with Crippen LogP contribution in [-0.2, 0) is 11.2 Å². The molecular formula is C19H24N4OS. The number of nitrogens with one attached hydrogen (secondary N) is 1. The lowest BCUT2D eigenvalue weighted by Gasteiger charge is -2.17. The Labute approximate surface area is 152 Å². The highest BCUT2D eigenvalue weighted by atomic mass is 32.1. The minimum absolute atomic E-state index is 0.0317. The quantitative estimate of drug-likeness (QED) is 0.653. The number of para-hydroxylation sites is 1. The summed E-state index contributed by atoms with van der Waals surface area (Å²) in [5.41, 5.74) is 1.06. The van der Waals surface area contributed by atoms with Gasteiger partial charge in [0.2, 0.25) is 5.91 Å². The van der Waals surface area contributed by atoms with E-state index in [9.17, 15) is 4.79 Å². The van der Waals surface area contributed by atoms with Gasteiger partial charge >= 0.3 is 0 Å². The number of hydrogen-bond donors (Lipinski definition) is 1. The molecule has 0 aliphatic carbocycles. The molecule has 5 nitrogen and oxygen atoms in total. The van der Waals surface area contributed by atoms with Gasteiger partial charge in [-0.2, -0.15) is 0 Å². The Hall–Kier alpha value is -2.21. The van der Waals surface area contributed by atoms with Gasteiger partial charge in [0.1, 0.15) is 11.9 Å². The van der Waals surface area contributed by atoms with Gasteiger partial charge in [-0.05, 0) is 25.5 Å². The van der Waals surface area contributed by atoms with E-state index in [1.54, 1.807) is 17.5 Å². The Balaban J connectivity index is 1.49. The topological polar surface area (TPSA) is 59.8 Å². The average Bonchev–Trinajstić information content (AvgIpc) is 3.24. The minimum atomic E-state index is -0.248. The third kappa shape index (κ3) is 4.07. The first-order chi connectivity index (χ1) is 12.1. The number of carbonyl (C=O) groups excluding carboxylic acids is 1. The summed E-state index contributed by atoms with van der Waals surface area (Å²) in [7, 11) is 0. The van der Waals surface area contributed by atoms with E-state index in [1.807, 2.05) is 35.9 Å². The predicted molar refractivity (Wildman–Crippen MR) is 102 cm³/mol. The van der Waals surface area contributed by atoms with Crippen LogP contribution in [0.25, 0.3) is 10.2 Å². The van der Waals surface area contributed by atoms with Gasteiger partial charge in [-0.1, -0.05) is 26.0 Å². The van der Waals surface area contributed by atoms with Gasteiger partial charge in [-0.25, -0.2) is 9.97 Å². The summed E-state index contributed by atoms with van der Waals surface area (Å²) in [4.78, 5) is 21.4. The molecule has 1 amide bonds. The van der Waals surface area contributed by atoms with E-state index >= 15 is 0 Å². The van der Waals surface area contributed by atoms with E-state index in [2.05, 4.69) is 35.2 Å². The van der Waals surface area contributed by atoms with Crippen LogP contribution in [0, 0.1) is 0 Å². The first-order valence-electron chi connectivity index (χ1n) is 8.71. The van der Waals surface area contributed by atoms with Crippen molar-refractivity contribution in [1.82, 2.24) is 19.9 Å². The molecule has 1 unspecified atom stereocenters. The molecule has 1 N–H and O–H groups in total. The number of fused-ring (bicyclic) bond motifs is 1. The third-order valence-corrected chi connectivity index (χ3v) is 5.31. The van der Waals surface area contributed by atoms with Gasteiger partial charge in [0.15, 0.2) is 0 Å². The molecule has 0 aliphatic rings. The highest BCUT2D eigenvalue weighted by molar-refractivity contribution is 7.18. The summed E-state index contributed by atoms with van der Waals surface area (Å²) in [6.07, 6.45) is 5.41. The zero-order valence-corrected chi connectivity index (χ0v) is 15.7. The standard InChI is InChI=1S/C19H24N4OS/c1-13(2)18-20-11-12-23(18)14(3)19(24)21-10-6-9-17-22-15-7-4-5-8-16(15)25-17/h4-5,7-8,11-14H,6,9-10H2,1-3H3,(H,21,24). The second kappa shape index (κ2) is 7.78. The van der Waals surface area contributed by atoms with Crippen LogP contribution in [0.15, 0.2) is 36.7 Å². The van der Waals surface area contributed by atoms with Crippen molar-refractivity contribution in [3.8, 4) is 0 Å². The molecule has 0 spiro atoms. The summed E-state index contributed by atoms with van der Waals surface area (Å²) in [5.74, 6) is 1.27. The van der Waals surface area contributed by atoms with Crippen molar-refractivity contribution in [2.75, 3.05) is 6.54 Å². The van der Waals surface area contributed by atoms with E-state index < -0.39 is 0 Å². The largest absolute Gasteiger partial charge is 0.354 e. The molecule has 0 bridgehead atoms. The summed E-state index contributed by atoms with van der Waals surface area (Å²) in [6, 6.07) is 7.93. The molecule has 25 heavy (non-hydrogen) atoms. The molecule has 6 heteroatoms. The second-order valence-electron chi connectivity index (χ2n) is 6.49. The highest BCUT2D eigenvalue weighted by Crippen LogP contribution is 2.22. The lowest BCUT2D eigenvalue weighted by molar-refractivity contribution is -0.123. The van der Waals surface area contributed by atoms with Crippen LogP contribution in [0.3, 0.4) is 0 Å². The van der Waals surface area contributed by atoms with Crippen molar-refractivity contribution < 1.29 is 4.79 Å². The van der Waals surface area contributed by atoms with Gasteiger partial charge in [0.05, 0.1) is 15.2 Å². The number of imidazole rings is 1. The third-order valence-electron chi connectivity index (χ3n) is 4.22. The van der Waals surface area contributed by atoms with Crippen LogP contribution in [0.2, 0.25) is 0 Å². The molecular weight excluding hydrogens is 332 g/mol. The Bertz CT molecular complexity index is 819. The second-order valence-corrected chi connectivity index (χ2v) is 7.61. The summed E-state index contributed by atoms with van der Waals surface area (Å²) in [5, 5.41) is 4.16. The molecule has 3 rings (SSSR count).